The van der Waals surface area contributed by atoms with Gasteiger partial charge in [-0.25, -0.2) is 19.2 Å². The lowest BCUT2D eigenvalue weighted by molar-refractivity contribution is -0.346. The molecule has 1 aliphatic heterocycles. The van der Waals surface area contributed by atoms with E-state index in [0.29, 0.717) is 12.8 Å². The minimum atomic E-state index is -2.51. The molecule has 0 unspecified atom stereocenters. The number of carbonyl (C=O) groups is 9. The second-order valence-corrected chi connectivity index (χ2v) is 20.5. The number of aliphatic hydroxyl groups excluding tert-OH is 1. The molecular weight excluding hydrogens is 923 g/mol. The number of alkyl carbamates (subject to hydrolysis) is 1. The Bertz CT molecular complexity index is 2320. The highest BCUT2D eigenvalue weighted by Crippen LogP contribution is 2.64. The number of ketones is 1. The summed E-state index contributed by atoms with van der Waals surface area (Å²) in [6.07, 6.45) is -12.0. The van der Waals surface area contributed by atoms with Crippen molar-refractivity contribution in [1.29, 1.82) is 0 Å². The van der Waals surface area contributed by atoms with Gasteiger partial charge in [0.15, 0.2) is 24.1 Å². The summed E-state index contributed by atoms with van der Waals surface area (Å²) in [7, 11) is 0. The molecular formula is C48H63N3O19. The lowest BCUT2D eigenvalue weighted by Crippen LogP contribution is -2.82. The molecule has 6 rings (SSSR count). The summed E-state index contributed by atoms with van der Waals surface area (Å²) in [5.74, 6) is -10.6. The number of hydrogen-bond acceptors (Lipinski definition) is 20. The fraction of sp³-hybridized carbons (Fsp3) is 0.646. The Morgan fingerprint density at radius 3 is 2.13 bits per heavy atom. The maximum atomic E-state index is 15.6. The maximum absolute atomic E-state index is 15.6. The summed E-state index contributed by atoms with van der Waals surface area (Å²) in [5, 5.41) is 28.5. The van der Waals surface area contributed by atoms with Crippen LogP contribution in [0.4, 0.5) is 4.79 Å². The van der Waals surface area contributed by atoms with Gasteiger partial charge in [-0.3, -0.25) is 24.0 Å². The van der Waals surface area contributed by atoms with Crippen LogP contribution in [0, 0.1) is 22.7 Å². The molecule has 1 aromatic carbocycles. The molecule has 0 spiro atoms. The number of aliphatic hydroxyl groups is 2. The summed E-state index contributed by atoms with van der Waals surface area (Å²) in [6.45, 7) is 11.3. The monoisotopic (exact) mass is 985 g/mol. The van der Waals surface area contributed by atoms with Gasteiger partial charge in [0.25, 0.3) is 0 Å². The van der Waals surface area contributed by atoms with Crippen molar-refractivity contribution in [1.82, 2.24) is 5.32 Å². The number of fused-ring (bicyclic) bond motifs is 5. The molecule has 4 aliphatic carbocycles. The SMILES string of the molecule is CC(=O)O[C@H]1C(=O)[C@@]2(C)[C@H]([C@H](OC(=O)c3ccccc3)[C@]3(O)C[C@H](OC(=O)[C@H](OC(=O)COC(=O)C[C@H](N)C(N)=O)[C@@H](NC(=O)OC(C)(C)C)C4CC4)C(C)=C1C3(C)C)[C@]1(OC(C)=O)CO[C@@H]1C[C@@H]2O. The van der Waals surface area contributed by atoms with Crippen molar-refractivity contribution in [2.75, 3.05) is 13.2 Å². The van der Waals surface area contributed by atoms with E-state index in [0.717, 1.165) is 13.8 Å². The van der Waals surface area contributed by atoms with E-state index in [-0.39, 0.29) is 29.7 Å². The Balaban J connectivity index is 1.50. The normalized spacial score (nSPS) is 31.2. The van der Waals surface area contributed by atoms with Gasteiger partial charge in [0.1, 0.15) is 29.5 Å². The van der Waals surface area contributed by atoms with Crippen LogP contribution in [0.2, 0.25) is 0 Å². The van der Waals surface area contributed by atoms with Gasteiger partial charge in [-0.05, 0) is 76.7 Å². The second-order valence-electron chi connectivity index (χ2n) is 20.5. The minimum absolute atomic E-state index is 0.0106. The molecule has 0 aromatic heterocycles. The number of nitrogens with one attached hydrogen (secondary N) is 1. The molecule has 2 amide bonds. The first kappa shape index (κ1) is 53.4. The third-order valence-corrected chi connectivity index (χ3v) is 14.2. The van der Waals surface area contributed by atoms with Gasteiger partial charge in [-0.1, -0.05) is 32.0 Å². The van der Waals surface area contributed by atoms with Gasteiger partial charge in [0.2, 0.25) is 12.0 Å². The van der Waals surface area contributed by atoms with E-state index in [4.69, 9.17) is 49.4 Å². The molecule has 12 atom stereocenters. The summed E-state index contributed by atoms with van der Waals surface area (Å²) in [5.41, 5.74) is 1.38. The van der Waals surface area contributed by atoms with Crippen molar-refractivity contribution in [2.24, 2.45) is 34.1 Å². The van der Waals surface area contributed by atoms with Crippen LogP contribution in [0.15, 0.2) is 41.5 Å². The number of primary amides is 1. The van der Waals surface area contributed by atoms with E-state index < -0.39 is 161 Å². The standard InChI is InChI=1S/C48H63N3O19/c1-22-28(66-42(60)36(34(25-15-16-25)51-43(61)70-44(4,5)6)67-32(56)20-63-31(55)17-27(49)40(50)58)19-48(62)39(68-41(59)26-13-11-10-12-14-26)37-46(9,29(54)18-30-47(37,21-64-30)69-24(3)53)38(57)35(65-23(2)52)33(22)45(48,7)8/h10-14,25,27-30,34-37,39,54,62H,15-21,49H2,1-9H3,(H2,50,58)(H,51,61)/t27-,28-,29-,30+,34-,35+,36+,37-,39-,46+,47-,48+/m0/s1. The summed E-state index contributed by atoms with van der Waals surface area (Å²) in [4.78, 5) is 122. The molecule has 1 saturated heterocycles. The zero-order valence-electron chi connectivity index (χ0n) is 40.6. The van der Waals surface area contributed by atoms with Crippen LogP contribution in [0.1, 0.15) is 105 Å². The average Bonchev–Trinajstić information content (AvgIpc) is 4.10. The average molecular weight is 986 g/mol. The first-order chi connectivity index (χ1) is 32.5. The maximum Gasteiger partial charge on any atom is 0.408 e. The topological polar surface area (TPSA) is 332 Å². The van der Waals surface area contributed by atoms with E-state index in [1.54, 1.807) is 39.0 Å². The molecule has 22 heteroatoms. The largest absolute Gasteiger partial charge is 0.455 e. The predicted octanol–water partition coefficient (Wildman–Crippen LogP) is 1.16. The van der Waals surface area contributed by atoms with Gasteiger partial charge in [0.05, 0.1) is 48.1 Å². The molecule has 0 radical (unpaired) electrons. The Labute approximate surface area is 403 Å². The molecule has 2 bridgehead atoms. The Morgan fingerprint density at radius 1 is 0.943 bits per heavy atom. The summed E-state index contributed by atoms with van der Waals surface area (Å²) >= 11 is 0. The van der Waals surface area contributed by atoms with Gasteiger partial charge >= 0.3 is 41.9 Å². The first-order valence-electron chi connectivity index (χ1n) is 23.0. The Morgan fingerprint density at radius 2 is 1.59 bits per heavy atom. The number of carbonyl (C=O) groups excluding carboxylic acids is 9. The van der Waals surface area contributed by atoms with E-state index >= 15 is 4.79 Å². The molecule has 3 saturated carbocycles. The van der Waals surface area contributed by atoms with Gasteiger partial charge in [-0.2, -0.15) is 0 Å². The van der Waals surface area contributed by atoms with E-state index in [1.807, 2.05) is 0 Å². The zero-order chi connectivity index (χ0) is 52.1. The van der Waals surface area contributed by atoms with Crippen molar-refractivity contribution in [3.63, 3.8) is 0 Å². The number of amides is 2. The van der Waals surface area contributed by atoms with Crippen molar-refractivity contribution in [2.45, 2.75) is 160 Å². The smallest absolute Gasteiger partial charge is 0.408 e. The molecule has 5 aliphatic rings. The highest BCUT2D eigenvalue weighted by atomic mass is 16.6. The van der Waals surface area contributed by atoms with Crippen molar-refractivity contribution >= 4 is 53.6 Å². The van der Waals surface area contributed by atoms with Crippen LogP contribution in [0.25, 0.3) is 0 Å². The van der Waals surface area contributed by atoms with Crippen LogP contribution in [-0.4, -0.2) is 143 Å². The van der Waals surface area contributed by atoms with Gasteiger partial charge < -0.3 is 64.9 Å². The Kier molecular flexibility index (Phi) is 15.0. The highest BCUT2D eigenvalue weighted by Gasteiger charge is 2.78. The van der Waals surface area contributed by atoms with Gasteiger partial charge in [0, 0.05) is 32.1 Å². The van der Waals surface area contributed by atoms with E-state index in [1.165, 1.54) is 39.8 Å². The van der Waals surface area contributed by atoms with E-state index in [2.05, 4.69) is 5.32 Å². The molecule has 1 aromatic rings. The van der Waals surface area contributed by atoms with Crippen LogP contribution in [0.3, 0.4) is 0 Å². The second kappa shape index (κ2) is 19.7. The number of hydrogen-bond donors (Lipinski definition) is 5. The van der Waals surface area contributed by atoms with Crippen LogP contribution in [-0.2, 0) is 71.5 Å². The van der Waals surface area contributed by atoms with Crippen molar-refractivity contribution < 1.29 is 91.3 Å². The minimum Gasteiger partial charge on any atom is -0.455 e. The number of rotatable bonds is 15. The zero-order valence-corrected chi connectivity index (χ0v) is 40.6. The number of esters is 6. The number of benzene rings is 1. The molecule has 4 fully saturated rings. The van der Waals surface area contributed by atoms with Crippen molar-refractivity contribution in [3.05, 3.63) is 47.0 Å². The van der Waals surface area contributed by atoms with Crippen LogP contribution < -0.4 is 16.8 Å². The number of nitrogens with two attached hydrogens (primary N) is 2. The summed E-state index contributed by atoms with van der Waals surface area (Å²) in [6, 6.07) is 4.88. The van der Waals surface area contributed by atoms with Crippen LogP contribution >= 0.6 is 0 Å². The highest BCUT2D eigenvalue weighted by molar-refractivity contribution is 5.96. The summed E-state index contributed by atoms with van der Waals surface area (Å²) < 4.78 is 46.5. The van der Waals surface area contributed by atoms with Crippen molar-refractivity contribution in [3.8, 4) is 0 Å². The number of ether oxygens (including phenoxy) is 8. The van der Waals surface area contributed by atoms with Crippen LogP contribution in [0.5, 0.6) is 0 Å². The molecule has 70 heavy (non-hydrogen) atoms. The predicted molar refractivity (Wildman–Crippen MR) is 237 cm³/mol. The quantitative estimate of drug-likeness (QED) is 0.0935. The third-order valence-electron chi connectivity index (χ3n) is 14.2. The fourth-order valence-corrected chi connectivity index (χ4v) is 10.5. The molecule has 22 nitrogen and oxygen atoms in total. The number of Topliss-reactive ketones (excluding diaryl/α,β-unsaturated/α-hetero) is 1. The molecule has 7 N–H and O–H groups in total. The van der Waals surface area contributed by atoms with Gasteiger partial charge in [-0.15, -0.1) is 0 Å². The fourth-order valence-electron chi connectivity index (χ4n) is 10.5. The first-order valence-corrected chi connectivity index (χ1v) is 23.0. The Hall–Kier alpha value is -5.97. The lowest BCUT2D eigenvalue weighted by Gasteiger charge is -2.67. The third kappa shape index (κ3) is 10.3. The van der Waals surface area contributed by atoms with E-state index in [9.17, 15) is 48.6 Å². The lowest BCUT2D eigenvalue weighted by atomic mass is 9.44. The molecule has 1 heterocycles. The molecule has 384 valence electrons.